The van der Waals surface area contributed by atoms with Crippen molar-refractivity contribution >= 4 is 28.0 Å². The fraction of sp³-hybridized carbons (Fsp3) is 0.357. The number of benzene rings is 1. The third-order valence-corrected chi connectivity index (χ3v) is 7.91. The molecule has 6 rings (SSSR count). The molecule has 1 fully saturated rings. The van der Waals surface area contributed by atoms with E-state index in [2.05, 4.69) is 15.1 Å². The van der Waals surface area contributed by atoms with Gasteiger partial charge in [-0.25, -0.2) is 14.2 Å². The average molecular weight is 535 g/mol. The Morgan fingerprint density at radius 1 is 1.23 bits per heavy atom. The third kappa shape index (κ3) is 3.95. The number of halogens is 2. The number of pyridine rings is 1. The fourth-order valence-electron chi connectivity index (χ4n) is 6.05. The van der Waals surface area contributed by atoms with E-state index in [4.69, 9.17) is 0 Å². The number of nitrogens with zero attached hydrogens (tertiary/aromatic N) is 5. The molecule has 39 heavy (non-hydrogen) atoms. The standard InChI is InChI=1S/C28H28F2N6O3/c1-14(10-21(37)38)17-9-8-15(11-19(17)29)22-23-25-20(35(3)28(39)36(25)16-6-4-5-7-16)12-31-27(23)32-24(22)18-13-34(2)33-26(18)30/h8-9,11-14,16H,4-7,10H2,1-3H3,(H,31,32)(H,37,38). The molecule has 1 aliphatic rings. The number of aromatic nitrogens is 6. The summed E-state index contributed by atoms with van der Waals surface area (Å²) < 4.78 is 35.3. The maximum absolute atomic E-state index is 15.5. The summed E-state index contributed by atoms with van der Waals surface area (Å²) in [6.45, 7) is 1.66. The molecule has 1 saturated carbocycles. The lowest BCUT2D eigenvalue weighted by Crippen LogP contribution is -2.24. The molecule has 0 amide bonds. The van der Waals surface area contributed by atoms with Crippen LogP contribution in [-0.4, -0.2) is 40.0 Å². The highest BCUT2D eigenvalue weighted by atomic mass is 19.1. The van der Waals surface area contributed by atoms with E-state index in [1.54, 1.807) is 43.9 Å². The lowest BCUT2D eigenvalue weighted by molar-refractivity contribution is -0.137. The Kier molecular flexibility index (Phi) is 5.89. The number of fused-ring (bicyclic) bond motifs is 3. The summed E-state index contributed by atoms with van der Waals surface area (Å²) in [5.41, 5.74) is 3.38. The molecule has 0 radical (unpaired) electrons. The summed E-state index contributed by atoms with van der Waals surface area (Å²) in [5, 5.41) is 13.6. The molecule has 0 spiro atoms. The van der Waals surface area contributed by atoms with Crippen LogP contribution in [0.5, 0.6) is 0 Å². The van der Waals surface area contributed by atoms with Gasteiger partial charge in [0.2, 0.25) is 5.95 Å². The van der Waals surface area contributed by atoms with Gasteiger partial charge in [0.05, 0.1) is 40.3 Å². The predicted molar refractivity (Wildman–Crippen MR) is 143 cm³/mol. The van der Waals surface area contributed by atoms with Gasteiger partial charge in [-0.1, -0.05) is 31.9 Å². The second-order valence-electron chi connectivity index (χ2n) is 10.5. The van der Waals surface area contributed by atoms with Crippen LogP contribution in [0.25, 0.3) is 44.5 Å². The highest BCUT2D eigenvalue weighted by Crippen LogP contribution is 2.43. The Labute approximate surface area is 221 Å². The van der Waals surface area contributed by atoms with E-state index in [9.17, 15) is 14.7 Å². The molecule has 4 aromatic heterocycles. The zero-order valence-electron chi connectivity index (χ0n) is 21.8. The van der Waals surface area contributed by atoms with Gasteiger partial charge in [-0.15, -0.1) is 5.10 Å². The Morgan fingerprint density at radius 3 is 2.62 bits per heavy atom. The number of aliphatic carboxylic acids is 1. The quantitative estimate of drug-likeness (QED) is 0.309. The van der Waals surface area contributed by atoms with E-state index < -0.39 is 23.7 Å². The molecule has 11 heteroatoms. The number of hydrogen-bond acceptors (Lipinski definition) is 4. The molecule has 2 N–H and O–H groups in total. The maximum atomic E-state index is 15.5. The van der Waals surface area contributed by atoms with Crippen LogP contribution >= 0.6 is 0 Å². The van der Waals surface area contributed by atoms with Crippen LogP contribution in [0.4, 0.5) is 8.78 Å². The Balaban J connectivity index is 1.69. The lowest BCUT2D eigenvalue weighted by Gasteiger charge is -2.14. The van der Waals surface area contributed by atoms with Crippen LogP contribution in [-0.2, 0) is 18.9 Å². The first-order valence-electron chi connectivity index (χ1n) is 13.0. The number of nitrogens with one attached hydrogen (secondary N) is 1. The van der Waals surface area contributed by atoms with Crippen molar-refractivity contribution < 1.29 is 18.7 Å². The van der Waals surface area contributed by atoms with Crippen molar-refractivity contribution in [1.82, 2.24) is 28.9 Å². The minimum absolute atomic E-state index is 0.0177. The van der Waals surface area contributed by atoms with Gasteiger partial charge >= 0.3 is 11.7 Å². The van der Waals surface area contributed by atoms with E-state index in [1.165, 1.54) is 16.9 Å². The van der Waals surface area contributed by atoms with E-state index in [0.717, 1.165) is 25.7 Å². The number of H-pyrrole nitrogens is 1. The molecule has 0 bridgehead atoms. The second kappa shape index (κ2) is 9.18. The van der Waals surface area contributed by atoms with Gasteiger partial charge in [-0.05, 0) is 36.0 Å². The van der Waals surface area contributed by atoms with Crippen LogP contribution < -0.4 is 5.69 Å². The first-order valence-corrected chi connectivity index (χ1v) is 13.0. The van der Waals surface area contributed by atoms with Crippen LogP contribution in [0, 0.1) is 11.8 Å². The normalized spacial score (nSPS) is 15.1. The maximum Gasteiger partial charge on any atom is 0.329 e. The Morgan fingerprint density at radius 2 is 1.97 bits per heavy atom. The molecule has 0 saturated heterocycles. The van der Waals surface area contributed by atoms with E-state index in [0.29, 0.717) is 38.9 Å². The molecular formula is C28H28F2N6O3. The minimum Gasteiger partial charge on any atom is -0.481 e. The van der Waals surface area contributed by atoms with Gasteiger partial charge in [0.25, 0.3) is 0 Å². The van der Waals surface area contributed by atoms with Crippen molar-refractivity contribution in [3.8, 4) is 22.4 Å². The summed E-state index contributed by atoms with van der Waals surface area (Å²) in [7, 11) is 3.31. The zero-order chi connectivity index (χ0) is 27.6. The molecule has 1 aliphatic carbocycles. The largest absolute Gasteiger partial charge is 0.481 e. The number of carboxylic acid groups (broad SMARTS) is 1. The molecule has 1 aromatic carbocycles. The number of aryl methyl sites for hydroxylation is 2. The van der Waals surface area contributed by atoms with Crippen molar-refractivity contribution in [2.45, 2.75) is 51.0 Å². The van der Waals surface area contributed by atoms with Gasteiger partial charge in [0.15, 0.2) is 0 Å². The first kappa shape index (κ1) is 25.0. The first-order chi connectivity index (χ1) is 18.7. The SMILES string of the molecule is CC(CC(=O)O)c1ccc(-c2c(-c3cn(C)nc3F)[nH]c3ncc4c(c23)n(C2CCCC2)c(=O)n4C)cc1F. The third-order valence-electron chi connectivity index (χ3n) is 7.91. The smallest absolute Gasteiger partial charge is 0.329 e. The summed E-state index contributed by atoms with van der Waals surface area (Å²) in [6, 6.07) is 4.64. The summed E-state index contributed by atoms with van der Waals surface area (Å²) in [6.07, 6.45) is 6.75. The van der Waals surface area contributed by atoms with E-state index >= 15 is 8.78 Å². The van der Waals surface area contributed by atoms with E-state index in [1.807, 2.05) is 4.57 Å². The molecule has 4 heterocycles. The van der Waals surface area contributed by atoms with Crippen molar-refractivity contribution in [3.05, 3.63) is 58.4 Å². The van der Waals surface area contributed by atoms with Crippen LogP contribution in [0.2, 0.25) is 0 Å². The highest BCUT2D eigenvalue weighted by Gasteiger charge is 2.29. The monoisotopic (exact) mass is 534 g/mol. The Hall–Kier alpha value is -4.28. The number of rotatable bonds is 6. The number of carboxylic acids is 1. The minimum atomic E-state index is -1.01. The molecule has 5 aromatic rings. The number of hydrogen-bond donors (Lipinski definition) is 2. The van der Waals surface area contributed by atoms with Crippen LogP contribution in [0.15, 0.2) is 35.4 Å². The van der Waals surface area contributed by atoms with Crippen molar-refractivity contribution in [1.29, 1.82) is 0 Å². The van der Waals surface area contributed by atoms with Crippen LogP contribution in [0.1, 0.15) is 56.6 Å². The second-order valence-corrected chi connectivity index (χ2v) is 10.5. The number of aromatic amines is 1. The van der Waals surface area contributed by atoms with Gasteiger partial charge in [0.1, 0.15) is 11.5 Å². The summed E-state index contributed by atoms with van der Waals surface area (Å²) in [4.78, 5) is 32.5. The lowest BCUT2D eigenvalue weighted by atomic mass is 9.93. The molecule has 1 atom stereocenters. The van der Waals surface area contributed by atoms with Gasteiger partial charge in [-0.2, -0.15) is 4.39 Å². The molecular weight excluding hydrogens is 506 g/mol. The number of carbonyl (C=O) groups is 1. The highest BCUT2D eigenvalue weighted by molar-refractivity contribution is 6.14. The van der Waals surface area contributed by atoms with E-state index in [-0.39, 0.29) is 29.3 Å². The average Bonchev–Trinajstić information content (AvgIpc) is 3.65. The summed E-state index contributed by atoms with van der Waals surface area (Å²) >= 11 is 0. The topological polar surface area (TPSA) is 111 Å². The summed E-state index contributed by atoms with van der Waals surface area (Å²) in [5.74, 6) is -2.81. The molecule has 1 unspecified atom stereocenters. The van der Waals surface area contributed by atoms with Crippen molar-refractivity contribution in [2.24, 2.45) is 14.1 Å². The van der Waals surface area contributed by atoms with Crippen LogP contribution in [0.3, 0.4) is 0 Å². The van der Waals surface area contributed by atoms with Gasteiger partial charge in [0, 0.05) is 31.9 Å². The van der Waals surface area contributed by atoms with Crippen molar-refractivity contribution in [2.75, 3.05) is 0 Å². The molecule has 0 aliphatic heterocycles. The molecule has 9 nitrogen and oxygen atoms in total. The zero-order valence-corrected chi connectivity index (χ0v) is 21.8. The van der Waals surface area contributed by atoms with Crippen molar-refractivity contribution in [3.63, 3.8) is 0 Å². The van der Waals surface area contributed by atoms with Gasteiger partial charge in [-0.3, -0.25) is 18.6 Å². The predicted octanol–water partition coefficient (Wildman–Crippen LogP) is 5.26. The Bertz CT molecular complexity index is 1820. The number of imidazole rings is 1. The van der Waals surface area contributed by atoms with Gasteiger partial charge < -0.3 is 10.1 Å². The molecule has 202 valence electrons. The fourth-order valence-corrected chi connectivity index (χ4v) is 6.05.